The maximum Gasteiger partial charge on any atom is 0.0184 e. The van der Waals surface area contributed by atoms with Gasteiger partial charge < -0.3 is 11.5 Å². The van der Waals surface area contributed by atoms with Gasteiger partial charge >= 0.3 is 0 Å². The Balaban J connectivity index is 1.93. The van der Waals surface area contributed by atoms with Gasteiger partial charge in [-0.15, -0.1) is 0 Å². The molecule has 2 saturated carbocycles. The third kappa shape index (κ3) is 1.18. The zero-order chi connectivity index (χ0) is 7.90. The molecule has 0 radical (unpaired) electrons. The van der Waals surface area contributed by atoms with Gasteiger partial charge in [0.2, 0.25) is 0 Å². The highest BCUT2D eigenvalue weighted by atomic mass is 14.8. The van der Waals surface area contributed by atoms with Crippen molar-refractivity contribution in [2.24, 2.45) is 17.4 Å². The van der Waals surface area contributed by atoms with Gasteiger partial charge in [0.15, 0.2) is 0 Å². The van der Waals surface area contributed by atoms with Gasteiger partial charge in [-0.25, -0.2) is 0 Å². The molecular formula is C9H18N2. The molecule has 2 heteroatoms. The Hall–Kier alpha value is -0.0800. The minimum atomic E-state index is 0.190. The average Bonchev–Trinajstić information content (AvgIpc) is 2.30. The molecule has 0 aromatic carbocycles. The van der Waals surface area contributed by atoms with Crippen LogP contribution in [0.3, 0.4) is 0 Å². The van der Waals surface area contributed by atoms with Crippen LogP contribution in [0.5, 0.6) is 0 Å². The summed E-state index contributed by atoms with van der Waals surface area (Å²) in [6.07, 6.45) is 7.51. The van der Waals surface area contributed by atoms with Crippen molar-refractivity contribution in [2.75, 3.05) is 0 Å². The lowest BCUT2D eigenvalue weighted by Crippen LogP contribution is -2.53. The molecule has 11 heavy (non-hydrogen) atoms. The summed E-state index contributed by atoms with van der Waals surface area (Å²) in [6.45, 7) is 0. The fraction of sp³-hybridized carbons (Fsp3) is 1.00. The summed E-state index contributed by atoms with van der Waals surface area (Å²) in [4.78, 5) is 0. The van der Waals surface area contributed by atoms with Crippen molar-refractivity contribution in [3.05, 3.63) is 0 Å². The lowest BCUT2D eigenvalue weighted by Gasteiger charge is -2.43. The number of hydrogen-bond donors (Lipinski definition) is 2. The van der Waals surface area contributed by atoms with E-state index in [1.807, 2.05) is 0 Å². The first-order valence-electron chi connectivity index (χ1n) is 4.75. The standard InChI is InChI=1S/C9H18N2/c10-8-5-7(6-8)9(11)3-1-2-4-9/h7-8H,1-6,10-11H2. The molecule has 2 rings (SSSR count). The second-order valence-corrected chi connectivity index (χ2v) is 4.37. The smallest absolute Gasteiger partial charge is 0.0184 e. The normalized spacial score (nSPS) is 42.0. The Bertz CT molecular complexity index is 144. The highest BCUT2D eigenvalue weighted by Crippen LogP contribution is 2.43. The Labute approximate surface area is 68.3 Å². The van der Waals surface area contributed by atoms with Gasteiger partial charge in [-0.2, -0.15) is 0 Å². The summed E-state index contributed by atoms with van der Waals surface area (Å²) in [7, 11) is 0. The molecule has 2 aliphatic rings. The quantitative estimate of drug-likeness (QED) is 0.592. The van der Waals surface area contributed by atoms with Gasteiger partial charge in [0.1, 0.15) is 0 Å². The fourth-order valence-corrected chi connectivity index (χ4v) is 2.57. The van der Waals surface area contributed by atoms with E-state index in [0.717, 1.165) is 5.92 Å². The first-order chi connectivity index (χ1) is 5.21. The van der Waals surface area contributed by atoms with Gasteiger partial charge in [-0.3, -0.25) is 0 Å². The van der Waals surface area contributed by atoms with Crippen molar-refractivity contribution in [1.29, 1.82) is 0 Å². The average molecular weight is 154 g/mol. The van der Waals surface area contributed by atoms with Crippen LogP contribution in [0.1, 0.15) is 38.5 Å². The molecule has 0 amide bonds. The summed E-state index contributed by atoms with van der Waals surface area (Å²) in [6, 6.07) is 0.459. The summed E-state index contributed by atoms with van der Waals surface area (Å²) in [5.74, 6) is 0.750. The largest absolute Gasteiger partial charge is 0.328 e. The molecule has 0 aromatic heterocycles. The molecule has 0 unspecified atom stereocenters. The van der Waals surface area contributed by atoms with Gasteiger partial charge in [0.25, 0.3) is 0 Å². The fourth-order valence-electron chi connectivity index (χ4n) is 2.57. The lowest BCUT2D eigenvalue weighted by atomic mass is 9.68. The predicted molar refractivity (Wildman–Crippen MR) is 46.1 cm³/mol. The predicted octanol–water partition coefficient (Wildman–Crippen LogP) is 0.995. The van der Waals surface area contributed by atoms with Crippen LogP contribution in [0.4, 0.5) is 0 Å². The monoisotopic (exact) mass is 154 g/mol. The van der Waals surface area contributed by atoms with E-state index < -0.39 is 0 Å². The van der Waals surface area contributed by atoms with E-state index in [-0.39, 0.29) is 5.54 Å². The maximum absolute atomic E-state index is 6.27. The molecule has 0 heterocycles. The second-order valence-electron chi connectivity index (χ2n) is 4.37. The van der Waals surface area contributed by atoms with Gasteiger partial charge in [0, 0.05) is 11.6 Å². The van der Waals surface area contributed by atoms with E-state index in [0.29, 0.717) is 6.04 Å². The molecule has 0 aliphatic heterocycles. The van der Waals surface area contributed by atoms with Crippen molar-refractivity contribution >= 4 is 0 Å². The molecule has 0 saturated heterocycles. The Morgan fingerprint density at radius 2 is 1.64 bits per heavy atom. The van der Waals surface area contributed by atoms with E-state index >= 15 is 0 Å². The molecular weight excluding hydrogens is 136 g/mol. The van der Waals surface area contributed by atoms with Crippen LogP contribution in [0.2, 0.25) is 0 Å². The van der Waals surface area contributed by atoms with Crippen molar-refractivity contribution < 1.29 is 0 Å². The minimum Gasteiger partial charge on any atom is -0.328 e. The molecule has 0 aromatic rings. The minimum absolute atomic E-state index is 0.190. The zero-order valence-electron chi connectivity index (χ0n) is 7.05. The van der Waals surface area contributed by atoms with E-state index in [2.05, 4.69) is 0 Å². The van der Waals surface area contributed by atoms with E-state index in [9.17, 15) is 0 Å². The zero-order valence-corrected chi connectivity index (χ0v) is 7.05. The van der Waals surface area contributed by atoms with Crippen LogP contribution in [0.25, 0.3) is 0 Å². The van der Waals surface area contributed by atoms with Crippen LogP contribution < -0.4 is 11.5 Å². The molecule has 0 bridgehead atoms. The summed E-state index contributed by atoms with van der Waals surface area (Å²) in [5, 5.41) is 0. The molecule has 0 atom stereocenters. The second kappa shape index (κ2) is 2.46. The first-order valence-corrected chi connectivity index (χ1v) is 4.75. The topological polar surface area (TPSA) is 52.0 Å². The van der Waals surface area contributed by atoms with Crippen molar-refractivity contribution in [1.82, 2.24) is 0 Å². The maximum atomic E-state index is 6.27. The summed E-state index contributed by atoms with van der Waals surface area (Å²) in [5.41, 5.74) is 12.2. The third-order valence-electron chi connectivity index (χ3n) is 3.52. The van der Waals surface area contributed by atoms with Gasteiger partial charge in [0.05, 0.1) is 0 Å². The van der Waals surface area contributed by atoms with Crippen LogP contribution in [0.15, 0.2) is 0 Å². The molecule has 0 spiro atoms. The van der Waals surface area contributed by atoms with E-state index in [4.69, 9.17) is 11.5 Å². The Morgan fingerprint density at radius 1 is 1.09 bits per heavy atom. The number of nitrogens with two attached hydrogens (primary N) is 2. The van der Waals surface area contributed by atoms with Crippen LogP contribution in [-0.4, -0.2) is 11.6 Å². The van der Waals surface area contributed by atoms with Gasteiger partial charge in [-0.1, -0.05) is 12.8 Å². The first kappa shape index (κ1) is 7.56. The Kier molecular flexibility index (Phi) is 1.69. The van der Waals surface area contributed by atoms with Crippen LogP contribution in [-0.2, 0) is 0 Å². The number of rotatable bonds is 1. The van der Waals surface area contributed by atoms with Gasteiger partial charge in [-0.05, 0) is 31.6 Å². The third-order valence-corrected chi connectivity index (χ3v) is 3.52. The molecule has 2 aliphatic carbocycles. The molecule has 2 fully saturated rings. The van der Waals surface area contributed by atoms with Crippen molar-refractivity contribution in [3.63, 3.8) is 0 Å². The van der Waals surface area contributed by atoms with Crippen molar-refractivity contribution in [3.8, 4) is 0 Å². The SMILES string of the molecule is NC1CC(C2(N)CCCC2)C1. The van der Waals surface area contributed by atoms with E-state index in [1.54, 1.807) is 0 Å². The highest BCUT2D eigenvalue weighted by molar-refractivity contribution is 5.02. The summed E-state index contributed by atoms with van der Waals surface area (Å²) < 4.78 is 0. The van der Waals surface area contributed by atoms with Crippen molar-refractivity contribution in [2.45, 2.75) is 50.1 Å². The molecule has 2 nitrogen and oxygen atoms in total. The molecule has 64 valence electrons. The van der Waals surface area contributed by atoms with E-state index in [1.165, 1.54) is 38.5 Å². The number of hydrogen-bond acceptors (Lipinski definition) is 2. The van der Waals surface area contributed by atoms with Crippen LogP contribution in [0, 0.1) is 5.92 Å². The Morgan fingerprint density at radius 3 is 2.09 bits per heavy atom. The lowest BCUT2D eigenvalue weighted by molar-refractivity contribution is 0.145. The highest BCUT2D eigenvalue weighted by Gasteiger charge is 2.43. The molecule has 4 N–H and O–H groups in total. The van der Waals surface area contributed by atoms with Crippen LogP contribution >= 0.6 is 0 Å². The summed E-state index contributed by atoms with van der Waals surface area (Å²) >= 11 is 0.